The van der Waals surface area contributed by atoms with Gasteiger partial charge in [-0.1, -0.05) is 0 Å². The summed E-state index contributed by atoms with van der Waals surface area (Å²) in [5.74, 6) is -0.466. The van der Waals surface area contributed by atoms with Gasteiger partial charge >= 0.3 is 0 Å². The molecule has 0 aromatic carbocycles. The van der Waals surface area contributed by atoms with Gasteiger partial charge in [-0.05, 0) is 19.1 Å². The van der Waals surface area contributed by atoms with Gasteiger partial charge in [0.25, 0.3) is 0 Å². The molecule has 2 rings (SSSR count). The second-order valence-electron chi connectivity index (χ2n) is 2.75. The summed E-state index contributed by atoms with van der Waals surface area (Å²) in [6.45, 7) is 1.84. The van der Waals surface area contributed by atoms with Crippen LogP contribution >= 0.6 is 0 Å². The van der Waals surface area contributed by atoms with E-state index in [1.807, 2.05) is 6.92 Å². The first-order chi connectivity index (χ1) is 6.29. The number of hydrogen-bond acceptors (Lipinski definition) is 2. The number of H-pyrrole nitrogens is 1. The van der Waals surface area contributed by atoms with Gasteiger partial charge in [-0.3, -0.25) is 5.10 Å². The van der Waals surface area contributed by atoms with E-state index in [0.717, 1.165) is 11.3 Å². The molecule has 0 unspecified atom stereocenters. The Morgan fingerprint density at radius 2 is 2.23 bits per heavy atom. The van der Waals surface area contributed by atoms with Crippen LogP contribution in [-0.4, -0.2) is 15.2 Å². The van der Waals surface area contributed by atoms with E-state index in [-0.39, 0.29) is 0 Å². The summed E-state index contributed by atoms with van der Waals surface area (Å²) in [7, 11) is 0. The zero-order chi connectivity index (χ0) is 9.26. The zero-order valence-corrected chi connectivity index (χ0v) is 7.08. The van der Waals surface area contributed by atoms with E-state index < -0.39 is 5.95 Å². The number of pyridine rings is 1. The maximum absolute atomic E-state index is 13.2. The quantitative estimate of drug-likeness (QED) is 0.676. The SMILES string of the molecule is Cc1[nH]ncc1-c1cccnc1F. The lowest BCUT2D eigenvalue weighted by molar-refractivity contribution is 0.587. The minimum absolute atomic E-state index is 0.466. The number of rotatable bonds is 1. The molecule has 0 bridgehead atoms. The molecular weight excluding hydrogens is 169 g/mol. The maximum Gasteiger partial charge on any atom is 0.220 e. The molecule has 3 nitrogen and oxygen atoms in total. The van der Waals surface area contributed by atoms with Crippen molar-refractivity contribution in [1.82, 2.24) is 15.2 Å². The van der Waals surface area contributed by atoms with E-state index in [9.17, 15) is 4.39 Å². The van der Waals surface area contributed by atoms with Crippen molar-refractivity contribution in [2.75, 3.05) is 0 Å². The Hall–Kier alpha value is -1.71. The first kappa shape index (κ1) is 7.91. The largest absolute Gasteiger partial charge is 0.282 e. The number of hydrogen-bond donors (Lipinski definition) is 1. The summed E-state index contributed by atoms with van der Waals surface area (Å²) >= 11 is 0. The molecule has 0 spiro atoms. The second kappa shape index (κ2) is 2.97. The molecule has 0 aliphatic heterocycles. The van der Waals surface area contributed by atoms with Gasteiger partial charge in [-0.2, -0.15) is 9.49 Å². The summed E-state index contributed by atoms with van der Waals surface area (Å²) in [5.41, 5.74) is 2.08. The van der Waals surface area contributed by atoms with Crippen LogP contribution in [0.2, 0.25) is 0 Å². The van der Waals surface area contributed by atoms with Crippen LogP contribution in [0.25, 0.3) is 11.1 Å². The summed E-state index contributed by atoms with van der Waals surface area (Å²) in [4.78, 5) is 3.57. The fraction of sp³-hybridized carbons (Fsp3) is 0.111. The van der Waals surface area contributed by atoms with Crippen LogP contribution in [0.5, 0.6) is 0 Å². The second-order valence-corrected chi connectivity index (χ2v) is 2.75. The third-order valence-corrected chi connectivity index (χ3v) is 1.88. The molecule has 0 aliphatic carbocycles. The van der Waals surface area contributed by atoms with Crippen molar-refractivity contribution in [3.05, 3.63) is 36.2 Å². The molecule has 0 atom stereocenters. The summed E-state index contributed by atoms with van der Waals surface area (Å²) in [6, 6.07) is 3.38. The fourth-order valence-electron chi connectivity index (χ4n) is 1.21. The van der Waals surface area contributed by atoms with Crippen molar-refractivity contribution in [3.63, 3.8) is 0 Å². The first-order valence-corrected chi connectivity index (χ1v) is 3.90. The molecule has 0 amide bonds. The number of halogens is 1. The molecule has 0 saturated carbocycles. The third kappa shape index (κ3) is 1.30. The first-order valence-electron chi connectivity index (χ1n) is 3.90. The molecule has 66 valence electrons. The van der Waals surface area contributed by atoms with Crippen molar-refractivity contribution >= 4 is 0 Å². The van der Waals surface area contributed by atoms with Crippen molar-refractivity contribution in [2.45, 2.75) is 6.92 Å². The number of nitrogens with one attached hydrogen (secondary N) is 1. The molecule has 0 aliphatic rings. The number of nitrogens with zero attached hydrogens (tertiary/aromatic N) is 2. The Morgan fingerprint density at radius 3 is 2.85 bits per heavy atom. The van der Waals surface area contributed by atoms with Crippen LogP contribution in [0, 0.1) is 12.9 Å². The van der Waals surface area contributed by atoms with Crippen LogP contribution in [0.3, 0.4) is 0 Å². The Bertz CT molecular complexity index is 422. The van der Waals surface area contributed by atoms with Gasteiger partial charge in [0.1, 0.15) is 0 Å². The van der Waals surface area contributed by atoms with Crippen LogP contribution in [0.1, 0.15) is 5.69 Å². The molecule has 2 aromatic heterocycles. The standard InChI is InChI=1S/C9H8FN3/c1-6-8(5-12-13-6)7-3-2-4-11-9(7)10/h2-5H,1H3,(H,12,13). The van der Waals surface area contributed by atoms with Crippen LogP contribution in [0.15, 0.2) is 24.5 Å². The summed E-state index contributed by atoms with van der Waals surface area (Å²) < 4.78 is 13.2. The predicted molar refractivity (Wildman–Crippen MR) is 46.5 cm³/mol. The zero-order valence-electron chi connectivity index (χ0n) is 7.08. The van der Waals surface area contributed by atoms with Gasteiger partial charge in [-0.25, -0.2) is 4.98 Å². The van der Waals surface area contributed by atoms with E-state index >= 15 is 0 Å². The molecule has 2 aromatic rings. The molecule has 0 fully saturated rings. The fourth-order valence-corrected chi connectivity index (χ4v) is 1.21. The number of aryl methyl sites for hydroxylation is 1. The highest BCUT2D eigenvalue weighted by molar-refractivity contribution is 5.64. The van der Waals surface area contributed by atoms with Crippen molar-refractivity contribution in [3.8, 4) is 11.1 Å². The average Bonchev–Trinajstić information content (AvgIpc) is 2.52. The molecule has 13 heavy (non-hydrogen) atoms. The molecule has 1 N–H and O–H groups in total. The lowest BCUT2D eigenvalue weighted by Crippen LogP contribution is -1.87. The molecule has 2 heterocycles. The van der Waals surface area contributed by atoms with Crippen LogP contribution in [-0.2, 0) is 0 Å². The van der Waals surface area contributed by atoms with E-state index in [2.05, 4.69) is 15.2 Å². The Kier molecular flexibility index (Phi) is 1.81. The van der Waals surface area contributed by atoms with Crippen molar-refractivity contribution in [1.29, 1.82) is 0 Å². The number of aromatic amines is 1. The highest BCUT2D eigenvalue weighted by Crippen LogP contribution is 2.22. The van der Waals surface area contributed by atoms with Crippen LogP contribution in [0.4, 0.5) is 4.39 Å². The van der Waals surface area contributed by atoms with Gasteiger partial charge in [0.2, 0.25) is 5.95 Å². The highest BCUT2D eigenvalue weighted by atomic mass is 19.1. The molecule has 0 saturated heterocycles. The highest BCUT2D eigenvalue weighted by Gasteiger charge is 2.08. The van der Waals surface area contributed by atoms with Gasteiger partial charge in [0, 0.05) is 23.0 Å². The summed E-state index contributed by atoms with van der Waals surface area (Å²) in [6.07, 6.45) is 3.02. The van der Waals surface area contributed by atoms with Crippen molar-refractivity contribution in [2.24, 2.45) is 0 Å². The van der Waals surface area contributed by atoms with E-state index in [0.29, 0.717) is 5.56 Å². The number of aromatic nitrogens is 3. The van der Waals surface area contributed by atoms with E-state index in [1.54, 1.807) is 18.3 Å². The topological polar surface area (TPSA) is 41.6 Å². The molecular formula is C9H8FN3. The molecule has 4 heteroatoms. The van der Waals surface area contributed by atoms with Gasteiger partial charge in [-0.15, -0.1) is 0 Å². The van der Waals surface area contributed by atoms with Crippen LogP contribution < -0.4 is 0 Å². The van der Waals surface area contributed by atoms with E-state index in [4.69, 9.17) is 0 Å². The van der Waals surface area contributed by atoms with Gasteiger partial charge in [0.05, 0.1) is 6.20 Å². The third-order valence-electron chi connectivity index (χ3n) is 1.88. The van der Waals surface area contributed by atoms with Gasteiger partial charge in [0.15, 0.2) is 0 Å². The lowest BCUT2D eigenvalue weighted by atomic mass is 10.1. The van der Waals surface area contributed by atoms with Crippen molar-refractivity contribution < 1.29 is 4.39 Å². The Balaban J connectivity index is 2.59. The average molecular weight is 177 g/mol. The predicted octanol–water partition coefficient (Wildman–Crippen LogP) is 1.92. The summed E-state index contributed by atoms with van der Waals surface area (Å²) in [5, 5.41) is 6.57. The Morgan fingerprint density at radius 1 is 1.38 bits per heavy atom. The van der Waals surface area contributed by atoms with Gasteiger partial charge < -0.3 is 0 Å². The van der Waals surface area contributed by atoms with E-state index in [1.165, 1.54) is 6.20 Å². The monoisotopic (exact) mass is 177 g/mol. The smallest absolute Gasteiger partial charge is 0.220 e. The normalized spacial score (nSPS) is 10.3. The minimum Gasteiger partial charge on any atom is -0.282 e. The Labute approximate surface area is 74.6 Å². The molecule has 0 radical (unpaired) electrons. The lowest BCUT2D eigenvalue weighted by Gasteiger charge is -1.98. The minimum atomic E-state index is -0.466. The maximum atomic E-state index is 13.2.